The number of hydrogen-bond acceptors (Lipinski definition) is 9. The SMILES string of the molecule is CC1(C)OC2C[C@H]3[C@@H]4CCC5=CC(=O)C=C[C@]5(C)C4(F)[C@@H](O)C[C@]3(C)[C@]2(C(=O)COC(=O)CCS(=O)(=O)O)O1. The lowest BCUT2D eigenvalue weighted by Gasteiger charge is -2.62. The summed E-state index contributed by atoms with van der Waals surface area (Å²) in [4.78, 5) is 38.1. The smallest absolute Gasteiger partial charge is 0.307 e. The van der Waals surface area contributed by atoms with Crippen LogP contribution in [0, 0.1) is 22.7 Å². The zero-order chi connectivity index (χ0) is 28.8. The number of halogens is 1. The maximum absolute atomic E-state index is 17.4. The summed E-state index contributed by atoms with van der Waals surface area (Å²) in [5.41, 5.74) is -5.38. The van der Waals surface area contributed by atoms with Crippen LogP contribution in [0.1, 0.15) is 59.8 Å². The van der Waals surface area contributed by atoms with Gasteiger partial charge in [-0.05, 0) is 64.5 Å². The second-order valence-corrected chi connectivity index (χ2v) is 14.0. The highest BCUT2D eigenvalue weighted by Gasteiger charge is 2.80. The van der Waals surface area contributed by atoms with Crippen LogP contribution in [0.25, 0.3) is 0 Å². The number of hydrogen-bond donors (Lipinski definition) is 2. The Balaban J connectivity index is 1.48. The molecule has 216 valence electrons. The zero-order valence-electron chi connectivity index (χ0n) is 22.4. The largest absolute Gasteiger partial charge is 0.458 e. The van der Waals surface area contributed by atoms with Crippen molar-refractivity contribution in [1.29, 1.82) is 0 Å². The Morgan fingerprint density at radius 3 is 2.56 bits per heavy atom. The monoisotopic (exact) mass is 570 g/mol. The van der Waals surface area contributed by atoms with Gasteiger partial charge in [-0.2, -0.15) is 8.42 Å². The number of ketones is 2. The van der Waals surface area contributed by atoms with Gasteiger partial charge in [0.2, 0.25) is 5.78 Å². The molecule has 1 aliphatic heterocycles. The molecule has 4 fully saturated rings. The number of ether oxygens (including phenoxy) is 3. The second-order valence-electron chi connectivity index (χ2n) is 12.5. The van der Waals surface area contributed by atoms with Gasteiger partial charge >= 0.3 is 5.97 Å². The van der Waals surface area contributed by atoms with Gasteiger partial charge in [-0.25, -0.2) is 4.39 Å². The molecule has 10 nitrogen and oxygen atoms in total. The van der Waals surface area contributed by atoms with Crippen LogP contribution in [-0.4, -0.2) is 77.2 Å². The molecule has 0 bridgehead atoms. The molecule has 0 aromatic carbocycles. The summed E-state index contributed by atoms with van der Waals surface area (Å²) >= 11 is 0. The molecule has 12 heteroatoms. The summed E-state index contributed by atoms with van der Waals surface area (Å²) in [5, 5.41) is 11.6. The lowest BCUT2D eigenvalue weighted by molar-refractivity contribution is -0.246. The molecule has 0 aromatic rings. The van der Waals surface area contributed by atoms with Gasteiger partial charge < -0.3 is 19.3 Å². The fourth-order valence-corrected chi connectivity index (χ4v) is 8.77. The van der Waals surface area contributed by atoms with Crippen molar-refractivity contribution in [1.82, 2.24) is 0 Å². The van der Waals surface area contributed by atoms with E-state index in [4.69, 9.17) is 18.8 Å². The first kappa shape index (κ1) is 28.5. The Bertz CT molecular complexity index is 1290. The number of alkyl halides is 1. The van der Waals surface area contributed by atoms with Crippen LogP contribution >= 0.6 is 0 Å². The van der Waals surface area contributed by atoms with Crippen molar-refractivity contribution in [3.05, 3.63) is 23.8 Å². The Morgan fingerprint density at radius 2 is 1.90 bits per heavy atom. The molecule has 1 saturated heterocycles. The van der Waals surface area contributed by atoms with Crippen LogP contribution in [0.4, 0.5) is 4.39 Å². The number of aliphatic hydroxyl groups is 1. The predicted octanol–water partition coefficient (Wildman–Crippen LogP) is 2.25. The maximum Gasteiger partial charge on any atom is 0.307 e. The summed E-state index contributed by atoms with van der Waals surface area (Å²) in [6.07, 6.45) is 2.40. The van der Waals surface area contributed by atoms with Gasteiger partial charge in [0, 0.05) is 16.7 Å². The Labute approximate surface area is 226 Å². The van der Waals surface area contributed by atoms with Crippen LogP contribution < -0.4 is 0 Å². The number of allylic oxidation sites excluding steroid dienone is 4. The third-order valence-corrected chi connectivity index (χ3v) is 10.7. The van der Waals surface area contributed by atoms with Gasteiger partial charge in [-0.1, -0.05) is 18.6 Å². The Hall–Kier alpha value is -1.99. The van der Waals surface area contributed by atoms with E-state index < -0.39 is 92.6 Å². The average molecular weight is 571 g/mol. The van der Waals surface area contributed by atoms with Gasteiger partial charge in [0.05, 0.1) is 24.4 Å². The minimum Gasteiger partial charge on any atom is -0.458 e. The van der Waals surface area contributed by atoms with Crippen LogP contribution in [0.5, 0.6) is 0 Å². The molecule has 39 heavy (non-hydrogen) atoms. The first-order valence-electron chi connectivity index (χ1n) is 13.2. The van der Waals surface area contributed by atoms with Crippen molar-refractivity contribution in [2.24, 2.45) is 22.7 Å². The summed E-state index contributed by atoms with van der Waals surface area (Å²) in [5.74, 6) is -4.95. The van der Waals surface area contributed by atoms with Crippen molar-refractivity contribution in [2.45, 2.75) is 89.1 Å². The molecule has 2 N–H and O–H groups in total. The quantitative estimate of drug-likeness (QED) is 0.359. The zero-order valence-corrected chi connectivity index (χ0v) is 23.3. The van der Waals surface area contributed by atoms with Crippen molar-refractivity contribution in [2.75, 3.05) is 12.4 Å². The standard InChI is InChI=1S/C27H35FO10S/c1-23(2)37-21-12-18-17-6-5-15-11-16(29)7-9-24(15,3)26(17,28)19(30)13-25(18,4)27(21,38-23)20(31)14-36-22(32)8-10-39(33,34)35/h7,9,11,17-19,21,30H,5-6,8,10,12-14H2,1-4H3,(H,33,34,35)/t17-,18-,19-,21?,24-,25-,26?,27+/m0/s1. The predicted molar refractivity (Wildman–Crippen MR) is 134 cm³/mol. The fourth-order valence-electron chi connectivity index (χ4n) is 8.35. The lowest BCUT2D eigenvalue weighted by Crippen LogP contribution is -2.70. The molecule has 5 rings (SSSR count). The van der Waals surface area contributed by atoms with Crippen molar-refractivity contribution in [3.8, 4) is 0 Å². The first-order chi connectivity index (χ1) is 17.9. The van der Waals surface area contributed by atoms with Crippen LogP contribution in [0.2, 0.25) is 0 Å². The summed E-state index contributed by atoms with van der Waals surface area (Å²) in [6, 6.07) is 0. The van der Waals surface area contributed by atoms with E-state index in [1.165, 1.54) is 12.2 Å². The molecule has 1 heterocycles. The Morgan fingerprint density at radius 1 is 1.21 bits per heavy atom. The molecular weight excluding hydrogens is 535 g/mol. The minimum absolute atomic E-state index is 0.131. The van der Waals surface area contributed by atoms with Crippen LogP contribution in [0.3, 0.4) is 0 Å². The molecule has 0 aromatic heterocycles. The normalized spacial score (nSPS) is 44.1. The molecule has 0 amide bonds. The molecule has 2 unspecified atom stereocenters. The lowest BCUT2D eigenvalue weighted by atomic mass is 9.44. The number of fused-ring (bicyclic) bond motifs is 7. The van der Waals surface area contributed by atoms with E-state index in [2.05, 4.69) is 0 Å². The van der Waals surface area contributed by atoms with E-state index in [9.17, 15) is 27.9 Å². The third kappa shape index (κ3) is 4.00. The van der Waals surface area contributed by atoms with Gasteiger partial charge in [-0.15, -0.1) is 0 Å². The average Bonchev–Trinajstić information content (AvgIpc) is 3.23. The van der Waals surface area contributed by atoms with E-state index in [1.54, 1.807) is 33.8 Å². The molecule has 0 radical (unpaired) electrons. The number of esters is 1. The topological polar surface area (TPSA) is 153 Å². The van der Waals surface area contributed by atoms with Crippen molar-refractivity contribution >= 4 is 27.7 Å². The molecule has 8 atom stereocenters. The fraction of sp³-hybridized carbons (Fsp3) is 0.741. The second kappa shape index (κ2) is 8.75. The minimum atomic E-state index is -4.39. The highest BCUT2D eigenvalue weighted by atomic mass is 32.2. The number of rotatable bonds is 6. The number of aliphatic hydroxyl groups excluding tert-OH is 1. The van der Waals surface area contributed by atoms with Crippen LogP contribution in [0.15, 0.2) is 23.8 Å². The highest BCUT2D eigenvalue weighted by Crippen LogP contribution is 2.72. The number of carbonyl (C=O) groups excluding carboxylic acids is 3. The van der Waals surface area contributed by atoms with E-state index in [0.29, 0.717) is 18.4 Å². The number of carbonyl (C=O) groups is 3. The van der Waals surface area contributed by atoms with E-state index in [1.807, 2.05) is 0 Å². The van der Waals surface area contributed by atoms with Gasteiger partial charge in [0.25, 0.3) is 10.1 Å². The van der Waals surface area contributed by atoms with E-state index in [0.717, 1.165) is 0 Å². The third-order valence-electron chi connectivity index (χ3n) is 9.98. The molecule has 4 aliphatic carbocycles. The maximum atomic E-state index is 17.4. The van der Waals surface area contributed by atoms with Gasteiger partial charge in [0.1, 0.15) is 0 Å². The summed E-state index contributed by atoms with van der Waals surface area (Å²) in [7, 11) is -4.39. The molecule has 5 aliphatic rings. The van der Waals surface area contributed by atoms with Crippen LogP contribution in [-0.2, 0) is 38.7 Å². The molecular formula is C27H35FO10S. The molecule has 0 spiro atoms. The summed E-state index contributed by atoms with van der Waals surface area (Å²) < 4.78 is 65.8. The van der Waals surface area contributed by atoms with Crippen molar-refractivity contribution < 1.29 is 51.1 Å². The first-order valence-corrected chi connectivity index (χ1v) is 14.8. The highest BCUT2D eigenvalue weighted by molar-refractivity contribution is 7.85. The van der Waals surface area contributed by atoms with E-state index in [-0.39, 0.29) is 18.6 Å². The van der Waals surface area contributed by atoms with Gasteiger partial charge in [-0.3, -0.25) is 18.9 Å². The number of Topliss-reactive ketones (excluding diaryl/α,β-unsaturated/α-hetero) is 1. The van der Waals surface area contributed by atoms with Crippen molar-refractivity contribution in [3.63, 3.8) is 0 Å². The Kier molecular flexibility index (Phi) is 6.40. The summed E-state index contributed by atoms with van der Waals surface area (Å²) in [6.45, 7) is 6.06. The molecule has 3 saturated carbocycles. The van der Waals surface area contributed by atoms with E-state index >= 15 is 4.39 Å². The van der Waals surface area contributed by atoms with Gasteiger partial charge in [0.15, 0.2) is 29.4 Å².